The molecule has 0 radical (unpaired) electrons. The molecule has 4 aromatic rings. The number of anilines is 2. The highest BCUT2D eigenvalue weighted by molar-refractivity contribution is 14.1. The van der Waals surface area contributed by atoms with Crippen LogP contribution in [-0.4, -0.2) is 37.5 Å². The zero-order valence-electron chi connectivity index (χ0n) is 23.4. The summed E-state index contributed by atoms with van der Waals surface area (Å²) in [6, 6.07) is 27.4. The summed E-state index contributed by atoms with van der Waals surface area (Å²) in [5.74, 6) is -0.807. The van der Waals surface area contributed by atoms with Crippen molar-refractivity contribution in [2.45, 2.75) is 6.61 Å². The van der Waals surface area contributed by atoms with Crippen LogP contribution in [0.3, 0.4) is 0 Å². The van der Waals surface area contributed by atoms with Gasteiger partial charge in [-0.05, 0) is 88.3 Å². The molecular weight excluding hydrogens is 677 g/mol. The number of carbonyl (C=O) groups excluding carboxylic acids is 4. The van der Waals surface area contributed by atoms with E-state index in [9.17, 15) is 19.2 Å². The summed E-state index contributed by atoms with van der Waals surface area (Å²) in [4.78, 5) is 52.1. The van der Waals surface area contributed by atoms with Crippen molar-refractivity contribution in [1.82, 2.24) is 5.32 Å². The van der Waals surface area contributed by atoms with Crippen molar-refractivity contribution in [3.8, 4) is 17.2 Å². The Morgan fingerprint density at radius 3 is 2.27 bits per heavy atom. The topological polar surface area (TPSA) is 123 Å². The first kappa shape index (κ1) is 30.3. The Balaban J connectivity index is 1.31. The van der Waals surface area contributed by atoms with Crippen LogP contribution in [0, 0.1) is 3.57 Å². The molecule has 1 fully saturated rings. The van der Waals surface area contributed by atoms with Gasteiger partial charge >= 0.3 is 6.03 Å². The van der Waals surface area contributed by atoms with Gasteiger partial charge in [0.25, 0.3) is 17.7 Å². The molecule has 1 saturated heterocycles. The van der Waals surface area contributed by atoms with Crippen molar-refractivity contribution in [3.63, 3.8) is 0 Å². The first-order valence-electron chi connectivity index (χ1n) is 13.4. The van der Waals surface area contributed by atoms with Crippen molar-refractivity contribution < 1.29 is 33.4 Å². The van der Waals surface area contributed by atoms with Crippen molar-refractivity contribution in [3.05, 3.63) is 117 Å². The summed E-state index contributed by atoms with van der Waals surface area (Å²) >= 11 is 2.01. The number of halogens is 1. The second-order valence-electron chi connectivity index (χ2n) is 9.46. The molecule has 2 N–H and O–H groups in total. The highest BCUT2D eigenvalue weighted by atomic mass is 127. The normalized spacial score (nSPS) is 13.8. The van der Waals surface area contributed by atoms with Gasteiger partial charge in [0.15, 0.2) is 18.1 Å². The van der Waals surface area contributed by atoms with Crippen LogP contribution in [0.25, 0.3) is 6.08 Å². The fourth-order valence-corrected chi connectivity index (χ4v) is 5.09. The van der Waals surface area contributed by atoms with Gasteiger partial charge in [-0.2, -0.15) is 0 Å². The van der Waals surface area contributed by atoms with Crippen molar-refractivity contribution in [2.75, 3.05) is 23.9 Å². The molecule has 222 valence electrons. The van der Waals surface area contributed by atoms with Gasteiger partial charge < -0.3 is 19.5 Å². The van der Waals surface area contributed by atoms with Crippen LogP contribution in [-0.2, 0) is 21.0 Å². The summed E-state index contributed by atoms with van der Waals surface area (Å²) < 4.78 is 17.6. The molecule has 0 saturated carbocycles. The van der Waals surface area contributed by atoms with Crippen LogP contribution in [0.4, 0.5) is 16.2 Å². The smallest absolute Gasteiger partial charge is 0.335 e. The van der Waals surface area contributed by atoms with Crippen molar-refractivity contribution in [2.24, 2.45) is 0 Å². The number of amides is 5. The molecule has 5 amide bonds. The number of rotatable bonds is 10. The number of nitrogens with one attached hydrogen (secondary N) is 2. The summed E-state index contributed by atoms with van der Waals surface area (Å²) in [5, 5.41) is 4.97. The van der Waals surface area contributed by atoms with E-state index in [1.54, 1.807) is 60.7 Å². The number of methoxy groups -OCH3 is 1. The van der Waals surface area contributed by atoms with E-state index in [1.807, 2.05) is 59.0 Å². The number of nitrogens with zero attached hydrogens (tertiary/aromatic N) is 1. The number of urea groups is 1. The third-order valence-corrected chi connectivity index (χ3v) is 7.21. The van der Waals surface area contributed by atoms with Crippen LogP contribution < -0.4 is 29.7 Å². The lowest BCUT2D eigenvalue weighted by atomic mass is 10.1. The predicted molar refractivity (Wildman–Crippen MR) is 172 cm³/mol. The Morgan fingerprint density at radius 1 is 0.909 bits per heavy atom. The average Bonchev–Trinajstić information content (AvgIpc) is 3.02. The number of para-hydroxylation sites is 1. The fourth-order valence-electron chi connectivity index (χ4n) is 4.31. The Labute approximate surface area is 266 Å². The number of imide groups is 2. The van der Waals surface area contributed by atoms with E-state index < -0.39 is 17.8 Å². The van der Waals surface area contributed by atoms with Gasteiger partial charge in [0.05, 0.1) is 16.4 Å². The molecule has 0 bridgehead atoms. The van der Waals surface area contributed by atoms with E-state index in [2.05, 4.69) is 10.6 Å². The first-order valence-corrected chi connectivity index (χ1v) is 14.4. The SMILES string of the molecule is COc1cc(/C=C2\C(=O)NC(=O)N(c3ccc(OCc4ccccc4)cc3)C2=O)cc(I)c1OCC(=O)Nc1ccccc1. The van der Waals surface area contributed by atoms with Crippen molar-refractivity contribution >= 4 is 63.8 Å². The molecule has 1 aliphatic rings. The van der Waals surface area contributed by atoms with E-state index in [0.717, 1.165) is 10.5 Å². The van der Waals surface area contributed by atoms with E-state index in [-0.39, 0.29) is 23.8 Å². The zero-order valence-corrected chi connectivity index (χ0v) is 25.6. The molecular formula is C33H26IN3O7. The monoisotopic (exact) mass is 703 g/mol. The fraction of sp³-hybridized carbons (Fsp3) is 0.0909. The Kier molecular flexibility index (Phi) is 9.55. The molecule has 1 aliphatic heterocycles. The van der Waals surface area contributed by atoms with Gasteiger partial charge in [-0.25, -0.2) is 9.69 Å². The second kappa shape index (κ2) is 13.9. The lowest BCUT2D eigenvalue weighted by Crippen LogP contribution is -2.54. The van der Waals surface area contributed by atoms with Gasteiger partial charge in [0.1, 0.15) is 17.9 Å². The van der Waals surface area contributed by atoms with E-state index in [4.69, 9.17) is 14.2 Å². The molecule has 44 heavy (non-hydrogen) atoms. The number of hydrogen-bond donors (Lipinski definition) is 2. The summed E-state index contributed by atoms with van der Waals surface area (Å²) in [5.41, 5.74) is 2.10. The summed E-state index contributed by atoms with van der Waals surface area (Å²) in [6.45, 7) is 0.0907. The Morgan fingerprint density at radius 2 is 1.59 bits per heavy atom. The highest BCUT2D eigenvalue weighted by Gasteiger charge is 2.37. The van der Waals surface area contributed by atoms with E-state index in [1.165, 1.54) is 13.2 Å². The zero-order chi connectivity index (χ0) is 31.1. The van der Waals surface area contributed by atoms with Crippen LogP contribution in [0.5, 0.6) is 17.2 Å². The first-order chi connectivity index (χ1) is 21.3. The van der Waals surface area contributed by atoms with Crippen LogP contribution in [0.15, 0.2) is 103 Å². The van der Waals surface area contributed by atoms with Crippen LogP contribution in [0.1, 0.15) is 11.1 Å². The minimum absolute atomic E-state index is 0.247. The standard InChI is InChI=1S/C33H26IN3O7/c1-42-28-18-22(17-27(34)30(28)44-20-29(38)35-23-10-6-3-7-11-23)16-26-31(39)36-33(41)37(32(26)40)24-12-14-25(15-13-24)43-19-21-8-4-2-5-9-21/h2-18H,19-20H2,1H3,(H,35,38)(H,36,39,41)/b26-16+. The number of ether oxygens (including phenoxy) is 3. The Hall–Kier alpha value is -5.17. The van der Waals surface area contributed by atoms with Gasteiger partial charge in [-0.15, -0.1) is 0 Å². The van der Waals surface area contributed by atoms with Crippen LogP contribution >= 0.6 is 22.6 Å². The van der Waals surface area contributed by atoms with Crippen molar-refractivity contribution in [1.29, 1.82) is 0 Å². The highest BCUT2D eigenvalue weighted by Crippen LogP contribution is 2.35. The maximum atomic E-state index is 13.4. The molecule has 4 aromatic carbocycles. The third-order valence-electron chi connectivity index (χ3n) is 6.41. The lowest BCUT2D eigenvalue weighted by molar-refractivity contribution is -0.122. The molecule has 10 nitrogen and oxygen atoms in total. The van der Waals surface area contributed by atoms with Crippen LogP contribution in [0.2, 0.25) is 0 Å². The van der Waals surface area contributed by atoms with Gasteiger partial charge in [0, 0.05) is 5.69 Å². The molecule has 0 spiro atoms. The molecule has 0 unspecified atom stereocenters. The van der Waals surface area contributed by atoms with Gasteiger partial charge in [-0.3, -0.25) is 19.7 Å². The lowest BCUT2D eigenvalue weighted by Gasteiger charge is -2.26. The van der Waals surface area contributed by atoms with E-state index >= 15 is 0 Å². The molecule has 11 heteroatoms. The molecule has 0 aliphatic carbocycles. The summed E-state index contributed by atoms with van der Waals surface area (Å²) in [7, 11) is 1.44. The van der Waals surface area contributed by atoms with E-state index in [0.29, 0.717) is 38.7 Å². The third kappa shape index (κ3) is 7.24. The summed E-state index contributed by atoms with van der Waals surface area (Å²) in [6.07, 6.45) is 1.37. The molecule has 5 rings (SSSR count). The predicted octanol–water partition coefficient (Wildman–Crippen LogP) is 5.56. The minimum atomic E-state index is -0.861. The quantitative estimate of drug-likeness (QED) is 0.126. The molecule has 1 heterocycles. The average molecular weight is 703 g/mol. The number of hydrogen-bond acceptors (Lipinski definition) is 7. The number of carbonyl (C=O) groups is 4. The number of benzene rings is 4. The maximum absolute atomic E-state index is 13.4. The van der Waals surface area contributed by atoms with Gasteiger partial charge in [0.2, 0.25) is 0 Å². The number of barbiturate groups is 1. The molecule has 0 atom stereocenters. The maximum Gasteiger partial charge on any atom is 0.335 e. The van der Waals surface area contributed by atoms with Gasteiger partial charge in [-0.1, -0.05) is 48.5 Å². The Bertz CT molecular complexity index is 1730. The minimum Gasteiger partial charge on any atom is -0.493 e. The molecule has 0 aromatic heterocycles. The largest absolute Gasteiger partial charge is 0.493 e. The second-order valence-corrected chi connectivity index (χ2v) is 10.6.